The third-order valence-corrected chi connectivity index (χ3v) is 3.27. The van der Waals surface area contributed by atoms with Gasteiger partial charge in [-0.05, 0) is 18.1 Å². The van der Waals surface area contributed by atoms with Crippen molar-refractivity contribution in [2.75, 3.05) is 10.7 Å². The standard InChI is InChI=1S/C16H23N5/c1-11-7-5-6-8-12(11)10-18-13-9-14(21-17)20-15(19-13)16(2,3)4/h5-9H,10,17H2,1-4H3,(H2,18,19,20,21). The van der Waals surface area contributed by atoms with E-state index in [1.165, 1.54) is 11.1 Å². The number of benzene rings is 1. The number of aromatic nitrogens is 2. The van der Waals surface area contributed by atoms with Gasteiger partial charge < -0.3 is 10.7 Å². The van der Waals surface area contributed by atoms with Crippen LogP contribution in [0.1, 0.15) is 37.7 Å². The van der Waals surface area contributed by atoms with E-state index >= 15 is 0 Å². The molecule has 4 N–H and O–H groups in total. The molecule has 0 aliphatic heterocycles. The van der Waals surface area contributed by atoms with E-state index in [0.29, 0.717) is 5.82 Å². The molecule has 0 atom stereocenters. The van der Waals surface area contributed by atoms with Crippen molar-refractivity contribution in [3.8, 4) is 0 Å². The summed E-state index contributed by atoms with van der Waals surface area (Å²) in [6.45, 7) is 9.05. The van der Waals surface area contributed by atoms with E-state index in [2.05, 4.69) is 60.5 Å². The van der Waals surface area contributed by atoms with Crippen LogP contribution in [0.15, 0.2) is 30.3 Å². The van der Waals surface area contributed by atoms with Crippen molar-refractivity contribution in [2.24, 2.45) is 5.84 Å². The molecule has 0 saturated heterocycles. The highest BCUT2D eigenvalue weighted by atomic mass is 15.3. The highest BCUT2D eigenvalue weighted by molar-refractivity contribution is 5.48. The summed E-state index contributed by atoms with van der Waals surface area (Å²) >= 11 is 0. The Morgan fingerprint density at radius 2 is 1.76 bits per heavy atom. The third-order valence-electron chi connectivity index (χ3n) is 3.27. The fourth-order valence-electron chi connectivity index (χ4n) is 1.94. The third kappa shape index (κ3) is 3.92. The number of anilines is 2. The zero-order valence-corrected chi connectivity index (χ0v) is 13.1. The van der Waals surface area contributed by atoms with E-state index < -0.39 is 0 Å². The van der Waals surface area contributed by atoms with Crippen LogP contribution >= 0.6 is 0 Å². The van der Waals surface area contributed by atoms with Crippen LogP contribution < -0.4 is 16.6 Å². The smallest absolute Gasteiger partial charge is 0.145 e. The molecule has 112 valence electrons. The van der Waals surface area contributed by atoms with E-state index in [0.717, 1.165) is 18.2 Å². The van der Waals surface area contributed by atoms with Gasteiger partial charge in [-0.15, -0.1) is 0 Å². The van der Waals surface area contributed by atoms with E-state index in [1.807, 2.05) is 18.2 Å². The van der Waals surface area contributed by atoms with E-state index in [4.69, 9.17) is 5.84 Å². The Hall–Kier alpha value is -2.14. The lowest BCUT2D eigenvalue weighted by molar-refractivity contribution is 0.546. The van der Waals surface area contributed by atoms with Gasteiger partial charge in [0.05, 0.1) is 0 Å². The first-order valence-electron chi connectivity index (χ1n) is 7.04. The van der Waals surface area contributed by atoms with Gasteiger partial charge in [0.15, 0.2) is 0 Å². The molecule has 1 heterocycles. The van der Waals surface area contributed by atoms with Crippen LogP contribution in [-0.4, -0.2) is 9.97 Å². The molecular weight excluding hydrogens is 262 g/mol. The molecule has 0 aliphatic carbocycles. The predicted octanol–water partition coefficient (Wildman–Crippen LogP) is 2.98. The maximum absolute atomic E-state index is 5.49. The van der Waals surface area contributed by atoms with Gasteiger partial charge >= 0.3 is 0 Å². The molecular formula is C16H23N5. The second-order valence-corrected chi connectivity index (χ2v) is 6.14. The van der Waals surface area contributed by atoms with Crippen molar-refractivity contribution >= 4 is 11.6 Å². The lowest BCUT2D eigenvalue weighted by Gasteiger charge is -2.19. The number of aryl methyl sites for hydroxylation is 1. The summed E-state index contributed by atoms with van der Waals surface area (Å²) in [5.74, 6) is 7.63. The van der Waals surface area contributed by atoms with Crippen LogP contribution in [0.4, 0.5) is 11.6 Å². The van der Waals surface area contributed by atoms with Crippen molar-refractivity contribution in [3.63, 3.8) is 0 Å². The minimum Gasteiger partial charge on any atom is -0.366 e. The first-order valence-corrected chi connectivity index (χ1v) is 7.04. The van der Waals surface area contributed by atoms with Crippen LogP contribution in [0.2, 0.25) is 0 Å². The van der Waals surface area contributed by atoms with Crippen LogP contribution in [0.3, 0.4) is 0 Å². The molecule has 0 fully saturated rings. The summed E-state index contributed by atoms with van der Waals surface area (Å²) in [6.07, 6.45) is 0. The van der Waals surface area contributed by atoms with Gasteiger partial charge in [0.25, 0.3) is 0 Å². The van der Waals surface area contributed by atoms with Gasteiger partial charge in [0.1, 0.15) is 17.5 Å². The Balaban J connectivity index is 2.22. The fraction of sp³-hybridized carbons (Fsp3) is 0.375. The Morgan fingerprint density at radius 1 is 1.10 bits per heavy atom. The van der Waals surface area contributed by atoms with E-state index in [9.17, 15) is 0 Å². The molecule has 0 unspecified atom stereocenters. The minimum atomic E-state index is -0.133. The Labute approximate surface area is 126 Å². The van der Waals surface area contributed by atoms with E-state index in [-0.39, 0.29) is 5.41 Å². The van der Waals surface area contributed by atoms with Crippen LogP contribution in [-0.2, 0) is 12.0 Å². The lowest BCUT2D eigenvalue weighted by atomic mass is 9.96. The molecule has 1 aromatic heterocycles. The summed E-state index contributed by atoms with van der Waals surface area (Å²) in [5.41, 5.74) is 4.97. The number of hydrazine groups is 1. The van der Waals surface area contributed by atoms with Crippen molar-refractivity contribution in [2.45, 2.75) is 39.7 Å². The molecule has 0 radical (unpaired) electrons. The maximum Gasteiger partial charge on any atom is 0.145 e. The molecule has 21 heavy (non-hydrogen) atoms. The maximum atomic E-state index is 5.49. The van der Waals surface area contributed by atoms with Crippen LogP contribution in [0, 0.1) is 6.92 Å². The molecule has 0 amide bonds. The zero-order chi connectivity index (χ0) is 15.5. The molecule has 1 aromatic carbocycles. The summed E-state index contributed by atoms with van der Waals surface area (Å²) in [7, 11) is 0. The lowest BCUT2D eigenvalue weighted by Crippen LogP contribution is -2.20. The molecule has 2 rings (SSSR count). The van der Waals surface area contributed by atoms with Crippen molar-refractivity contribution < 1.29 is 0 Å². The van der Waals surface area contributed by atoms with Gasteiger partial charge in [0.2, 0.25) is 0 Å². The quantitative estimate of drug-likeness (QED) is 0.595. The zero-order valence-electron chi connectivity index (χ0n) is 13.1. The molecule has 5 nitrogen and oxygen atoms in total. The number of nitrogens with two attached hydrogens (primary N) is 1. The van der Waals surface area contributed by atoms with Gasteiger partial charge in [-0.3, -0.25) is 0 Å². The van der Waals surface area contributed by atoms with Crippen LogP contribution in [0.5, 0.6) is 0 Å². The monoisotopic (exact) mass is 285 g/mol. The van der Waals surface area contributed by atoms with Crippen molar-refractivity contribution in [1.82, 2.24) is 9.97 Å². The average Bonchev–Trinajstić information content (AvgIpc) is 2.45. The number of nitrogens with one attached hydrogen (secondary N) is 2. The number of nitrogen functional groups attached to an aromatic ring is 1. The second kappa shape index (κ2) is 6.10. The highest BCUT2D eigenvalue weighted by Gasteiger charge is 2.19. The molecule has 0 spiro atoms. The van der Waals surface area contributed by atoms with Crippen molar-refractivity contribution in [1.29, 1.82) is 0 Å². The SMILES string of the molecule is Cc1ccccc1CNc1cc(NN)nc(C(C)(C)C)n1. The summed E-state index contributed by atoms with van der Waals surface area (Å²) in [6, 6.07) is 10.1. The van der Waals surface area contributed by atoms with Crippen molar-refractivity contribution in [3.05, 3.63) is 47.3 Å². The Bertz CT molecular complexity index is 616. The van der Waals surface area contributed by atoms with Gasteiger partial charge in [-0.1, -0.05) is 45.0 Å². The fourth-order valence-corrected chi connectivity index (χ4v) is 1.94. The first kappa shape index (κ1) is 15.3. The summed E-state index contributed by atoms with van der Waals surface area (Å²) in [4.78, 5) is 8.99. The number of nitrogens with zero attached hydrogens (tertiary/aromatic N) is 2. The largest absolute Gasteiger partial charge is 0.366 e. The summed E-state index contributed by atoms with van der Waals surface area (Å²) in [5, 5.41) is 3.34. The van der Waals surface area contributed by atoms with Gasteiger partial charge in [-0.25, -0.2) is 15.8 Å². The Kier molecular flexibility index (Phi) is 4.43. The molecule has 5 heteroatoms. The first-order chi connectivity index (χ1) is 9.90. The summed E-state index contributed by atoms with van der Waals surface area (Å²) < 4.78 is 0. The molecule has 0 aliphatic rings. The van der Waals surface area contributed by atoms with Gasteiger partial charge in [-0.2, -0.15) is 0 Å². The highest BCUT2D eigenvalue weighted by Crippen LogP contribution is 2.22. The van der Waals surface area contributed by atoms with E-state index in [1.54, 1.807) is 0 Å². The number of rotatable bonds is 4. The minimum absolute atomic E-state index is 0.133. The van der Waals surface area contributed by atoms with Crippen LogP contribution in [0.25, 0.3) is 0 Å². The van der Waals surface area contributed by atoms with Gasteiger partial charge in [0, 0.05) is 18.0 Å². The topological polar surface area (TPSA) is 75.9 Å². The predicted molar refractivity (Wildman–Crippen MR) is 87.0 cm³/mol. The molecule has 0 saturated carbocycles. The number of hydrogen-bond donors (Lipinski definition) is 3. The number of hydrogen-bond acceptors (Lipinski definition) is 5. The second-order valence-electron chi connectivity index (χ2n) is 6.14. The molecule has 0 bridgehead atoms. The molecule has 2 aromatic rings. The Morgan fingerprint density at radius 3 is 2.38 bits per heavy atom. The normalized spacial score (nSPS) is 11.3. The average molecular weight is 285 g/mol.